The van der Waals surface area contributed by atoms with Crippen LogP contribution in [0.25, 0.3) is 0 Å². The lowest BCUT2D eigenvalue weighted by molar-refractivity contribution is -0.150. The van der Waals surface area contributed by atoms with Crippen molar-refractivity contribution < 1.29 is 19.2 Å². The van der Waals surface area contributed by atoms with E-state index in [0.29, 0.717) is 24.6 Å². The van der Waals surface area contributed by atoms with Gasteiger partial charge in [0.1, 0.15) is 6.10 Å². The number of thioether (sulfide) groups is 1. The highest BCUT2D eigenvalue weighted by atomic mass is 32.2. The van der Waals surface area contributed by atoms with E-state index >= 15 is 0 Å². The smallest absolute Gasteiger partial charge is 0.332 e. The highest BCUT2D eigenvalue weighted by molar-refractivity contribution is 7.99. The van der Waals surface area contributed by atoms with Crippen molar-refractivity contribution in [2.24, 2.45) is 0 Å². The zero-order chi connectivity index (χ0) is 13.9. The molecule has 0 amide bonds. The lowest BCUT2D eigenvalue weighted by Gasteiger charge is -2.06. The molecule has 1 saturated carbocycles. The second-order valence-corrected chi connectivity index (χ2v) is 6.58. The van der Waals surface area contributed by atoms with Crippen molar-refractivity contribution in [2.45, 2.75) is 61.7 Å². The number of hydrogen-bond donors (Lipinski definition) is 1. The van der Waals surface area contributed by atoms with E-state index in [9.17, 15) is 4.79 Å². The molecule has 1 aliphatic heterocycles. The standard InChI is InChI=1S/C13H18N2O4S/c16-13(17)10-6-5-9(18-10)12-14-11(15-19-12)7-20-8-3-1-2-4-8/h8-10H,1-7H2,(H,16,17). The third kappa shape index (κ3) is 3.15. The van der Waals surface area contributed by atoms with Gasteiger partial charge in [-0.15, -0.1) is 0 Å². The average molecular weight is 298 g/mol. The van der Waals surface area contributed by atoms with Crippen LogP contribution in [0.15, 0.2) is 4.52 Å². The van der Waals surface area contributed by atoms with Crippen LogP contribution in [0.2, 0.25) is 0 Å². The summed E-state index contributed by atoms with van der Waals surface area (Å²) in [6.45, 7) is 0. The Hall–Kier alpha value is -1.08. The third-order valence-corrected chi connectivity index (χ3v) is 5.17. The average Bonchev–Trinajstić information content (AvgIpc) is 3.17. The van der Waals surface area contributed by atoms with Gasteiger partial charge in [0.2, 0.25) is 0 Å². The van der Waals surface area contributed by atoms with Crippen molar-refractivity contribution in [3.05, 3.63) is 11.7 Å². The van der Waals surface area contributed by atoms with Gasteiger partial charge < -0.3 is 14.4 Å². The van der Waals surface area contributed by atoms with Crippen LogP contribution in [0.4, 0.5) is 0 Å². The fraction of sp³-hybridized carbons (Fsp3) is 0.769. The second-order valence-electron chi connectivity index (χ2n) is 5.30. The van der Waals surface area contributed by atoms with Crippen LogP contribution >= 0.6 is 11.8 Å². The Morgan fingerprint density at radius 2 is 2.10 bits per heavy atom. The van der Waals surface area contributed by atoms with Crippen molar-refractivity contribution in [3.8, 4) is 0 Å². The lowest BCUT2D eigenvalue weighted by atomic mass is 10.2. The summed E-state index contributed by atoms with van der Waals surface area (Å²) >= 11 is 1.88. The minimum atomic E-state index is -0.927. The Morgan fingerprint density at radius 1 is 1.30 bits per heavy atom. The summed E-state index contributed by atoms with van der Waals surface area (Å²) in [4.78, 5) is 15.2. The van der Waals surface area contributed by atoms with Crippen molar-refractivity contribution in [2.75, 3.05) is 0 Å². The summed E-state index contributed by atoms with van der Waals surface area (Å²) < 4.78 is 10.6. The van der Waals surface area contributed by atoms with Gasteiger partial charge in [0.15, 0.2) is 11.9 Å². The molecule has 1 N–H and O–H groups in total. The molecule has 2 aliphatic rings. The van der Waals surface area contributed by atoms with Crippen LogP contribution in [-0.4, -0.2) is 32.6 Å². The maximum absolute atomic E-state index is 10.8. The number of carboxylic acid groups (broad SMARTS) is 1. The minimum Gasteiger partial charge on any atom is -0.479 e. The zero-order valence-corrected chi connectivity index (χ0v) is 12.0. The molecule has 0 radical (unpaired) electrons. The quantitative estimate of drug-likeness (QED) is 0.894. The van der Waals surface area contributed by atoms with E-state index in [1.807, 2.05) is 11.8 Å². The number of aromatic nitrogens is 2. The molecule has 1 aromatic rings. The van der Waals surface area contributed by atoms with Crippen LogP contribution in [0.3, 0.4) is 0 Å². The monoisotopic (exact) mass is 298 g/mol. The van der Waals surface area contributed by atoms with Crippen LogP contribution < -0.4 is 0 Å². The molecular formula is C13H18N2O4S. The van der Waals surface area contributed by atoms with E-state index in [0.717, 1.165) is 11.0 Å². The first-order chi connectivity index (χ1) is 9.72. The van der Waals surface area contributed by atoms with E-state index in [1.165, 1.54) is 25.7 Å². The molecule has 2 unspecified atom stereocenters. The molecule has 1 aliphatic carbocycles. The molecule has 7 heteroatoms. The number of ether oxygens (including phenoxy) is 1. The van der Waals surface area contributed by atoms with Gasteiger partial charge in [-0.3, -0.25) is 0 Å². The van der Waals surface area contributed by atoms with Crippen molar-refractivity contribution in [1.29, 1.82) is 0 Å². The summed E-state index contributed by atoms with van der Waals surface area (Å²) in [5.41, 5.74) is 0. The Labute approximate surface area is 121 Å². The topological polar surface area (TPSA) is 85.5 Å². The molecule has 110 valence electrons. The SMILES string of the molecule is O=C(O)C1CCC(c2nc(CSC3CCCC3)no2)O1. The molecule has 3 rings (SSSR count). The molecule has 20 heavy (non-hydrogen) atoms. The molecular weight excluding hydrogens is 280 g/mol. The highest BCUT2D eigenvalue weighted by Gasteiger charge is 2.34. The van der Waals surface area contributed by atoms with Gasteiger partial charge >= 0.3 is 5.97 Å². The molecule has 0 spiro atoms. The first kappa shape index (κ1) is 13.9. The maximum atomic E-state index is 10.8. The van der Waals surface area contributed by atoms with E-state index in [-0.39, 0.29) is 6.10 Å². The van der Waals surface area contributed by atoms with Gasteiger partial charge in [-0.25, -0.2) is 4.79 Å². The summed E-state index contributed by atoms with van der Waals surface area (Å²) in [5.74, 6) is 0.919. The zero-order valence-electron chi connectivity index (χ0n) is 11.2. The molecule has 1 aromatic heterocycles. The molecule has 2 atom stereocenters. The predicted molar refractivity (Wildman–Crippen MR) is 72.3 cm³/mol. The van der Waals surface area contributed by atoms with Crippen molar-refractivity contribution in [3.63, 3.8) is 0 Å². The van der Waals surface area contributed by atoms with Crippen LogP contribution in [0, 0.1) is 0 Å². The van der Waals surface area contributed by atoms with E-state index in [4.69, 9.17) is 14.4 Å². The third-order valence-electron chi connectivity index (χ3n) is 3.80. The molecule has 2 heterocycles. The molecule has 0 aromatic carbocycles. The van der Waals surface area contributed by atoms with E-state index in [2.05, 4.69) is 10.1 Å². The van der Waals surface area contributed by atoms with Crippen molar-refractivity contribution >= 4 is 17.7 Å². The highest BCUT2D eigenvalue weighted by Crippen LogP contribution is 2.33. The predicted octanol–water partition coefficient (Wildman–Crippen LogP) is 2.55. The summed E-state index contributed by atoms with van der Waals surface area (Å²) in [6.07, 6.45) is 5.20. The first-order valence-electron chi connectivity index (χ1n) is 7.04. The molecule has 0 bridgehead atoms. The van der Waals surface area contributed by atoms with Crippen LogP contribution in [-0.2, 0) is 15.3 Å². The lowest BCUT2D eigenvalue weighted by Crippen LogP contribution is -2.18. The van der Waals surface area contributed by atoms with Gasteiger partial charge in [0.05, 0.1) is 5.75 Å². The number of rotatable bonds is 5. The number of carbonyl (C=O) groups is 1. The van der Waals surface area contributed by atoms with Gasteiger partial charge in [-0.2, -0.15) is 16.7 Å². The maximum Gasteiger partial charge on any atom is 0.332 e. The molecule has 2 fully saturated rings. The Balaban J connectivity index is 1.52. The number of nitrogens with zero attached hydrogens (tertiary/aromatic N) is 2. The Morgan fingerprint density at radius 3 is 2.80 bits per heavy atom. The minimum absolute atomic E-state index is 0.367. The Bertz CT molecular complexity index is 473. The van der Waals surface area contributed by atoms with Gasteiger partial charge in [-0.1, -0.05) is 18.0 Å². The fourth-order valence-corrected chi connectivity index (χ4v) is 3.87. The van der Waals surface area contributed by atoms with Crippen molar-refractivity contribution in [1.82, 2.24) is 10.1 Å². The fourth-order valence-electron chi connectivity index (χ4n) is 2.70. The summed E-state index contributed by atoms with van der Waals surface area (Å²) in [7, 11) is 0. The first-order valence-corrected chi connectivity index (χ1v) is 8.09. The van der Waals surface area contributed by atoms with Gasteiger partial charge in [0, 0.05) is 5.25 Å². The van der Waals surface area contributed by atoms with E-state index in [1.54, 1.807) is 0 Å². The second kappa shape index (κ2) is 6.13. The normalized spacial score (nSPS) is 27.2. The summed E-state index contributed by atoms with van der Waals surface area (Å²) in [6, 6.07) is 0. The van der Waals surface area contributed by atoms with Gasteiger partial charge in [0.25, 0.3) is 5.89 Å². The Kier molecular flexibility index (Phi) is 4.26. The summed E-state index contributed by atoms with van der Waals surface area (Å²) in [5, 5.41) is 13.6. The van der Waals surface area contributed by atoms with E-state index < -0.39 is 12.1 Å². The number of hydrogen-bond acceptors (Lipinski definition) is 6. The molecule has 1 saturated heterocycles. The number of aliphatic carboxylic acids is 1. The van der Waals surface area contributed by atoms with Gasteiger partial charge in [-0.05, 0) is 25.7 Å². The van der Waals surface area contributed by atoms with Crippen LogP contribution in [0.1, 0.15) is 56.3 Å². The largest absolute Gasteiger partial charge is 0.479 e. The molecule has 6 nitrogen and oxygen atoms in total. The van der Waals surface area contributed by atoms with Crippen LogP contribution in [0.5, 0.6) is 0 Å². The number of carboxylic acids is 1.